The summed E-state index contributed by atoms with van der Waals surface area (Å²) < 4.78 is 5.36. The van der Waals surface area contributed by atoms with Gasteiger partial charge in [0.05, 0.1) is 13.2 Å². The van der Waals surface area contributed by atoms with Crippen molar-refractivity contribution in [3.63, 3.8) is 0 Å². The van der Waals surface area contributed by atoms with E-state index in [1.165, 1.54) is 0 Å². The normalized spacial score (nSPS) is 20.9. The van der Waals surface area contributed by atoms with E-state index in [4.69, 9.17) is 4.74 Å². The maximum absolute atomic E-state index is 13.1. The minimum Gasteiger partial charge on any atom is -0.496 e. The molecule has 2 heterocycles. The van der Waals surface area contributed by atoms with Crippen molar-refractivity contribution < 1.29 is 19.1 Å². The zero-order valence-corrected chi connectivity index (χ0v) is 20.4. The molecule has 9 heteroatoms. The van der Waals surface area contributed by atoms with Crippen molar-refractivity contribution >= 4 is 28.6 Å². The number of hydrogen-bond acceptors (Lipinski definition) is 5. The first-order chi connectivity index (χ1) is 16.7. The number of piperidine rings is 1. The predicted octanol–water partition coefficient (Wildman–Crippen LogP) is 2.78. The van der Waals surface area contributed by atoms with Crippen LogP contribution in [0.4, 0.5) is 0 Å². The number of carbonyl (C=O) groups is 3. The number of nitrogens with one attached hydrogen (secondary N) is 4. The fraction of sp³-hybridized carbons (Fsp3) is 0.538. The minimum absolute atomic E-state index is 0.0900. The molecule has 4 N–H and O–H groups in total. The largest absolute Gasteiger partial charge is 0.496 e. The molecule has 0 unspecified atom stereocenters. The van der Waals surface area contributed by atoms with E-state index in [9.17, 15) is 19.6 Å². The van der Waals surface area contributed by atoms with Crippen molar-refractivity contribution in [2.24, 2.45) is 11.8 Å². The third-order valence-corrected chi connectivity index (χ3v) is 6.92. The van der Waals surface area contributed by atoms with Gasteiger partial charge in [-0.15, -0.1) is 0 Å². The number of aromatic amines is 1. The van der Waals surface area contributed by atoms with Gasteiger partial charge in [0, 0.05) is 22.4 Å². The number of benzene rings is 1. The monoisotopic (exact) mass is 479 g/mol. The maximum atomic E-state index is 13.1. The van der Waals surface area contributed by atoms with Gasteiger partial charge in [-0.05, 0) is 63.6 Å². The van der Waals surface area contributed by atoms with Crippen LogP contribution in [0.15, 0.2) is 24.3 Å². The summed E-state index contributed by atoms with van der Waals surface area (Å²) >= 11 is 0. The number of fused-ring (bicyclic) bond motifs is 1. The second-order valence-corrected chi connectivity index (χ2v) is 10.3. The van der Waals surface area contributed by atoms with Crippen molar-refractivity contribution in [3.8, 4) is 11.8 Å². The number of nitriles is 1. The lowest BCUT2D eigenvalue weighted by atomic mass is 9.83. The Labute approximate surface area is 205 Å². The Balaban J connectivity index is 1.42. The van der Waals surface area contributed by atoms with Gasteiger partial charge in [-0.3, -0.25) is 14.4 Å². The standard InChI is InChI=1S/C26H33N5O4/c1-26(2)10-9-16(23(32)31-26)12-17(14-27)28-24(33)20(11-15-7-8-15)30-25(34)21-13-18-19(29-21)5-4-6-22(18)35-3/h4-6,13,15-17,20,29H,7-12H2,1-3H3,(H,28,33)(H,30,34)(H,31,32)/t16-,17-,20+/m0/s1. The van der Waals surface area contributed by atoms with Gasteiger partial charge in [0.25, 0.3) is 5.91 Å². The van der Waals surface area contributed by atoms with Gasteiger partial charge in [-0.1, -0.05) is 18.9 Å². The zero-order chi connectivity index (χ0) is 25.2. The highest BCUT2D eigenvalue weighted by Crippen LogP contribution is 2.34. The van der Waals surface area contributed by atoms with Crippen LogP contribution in [0, 0.1) is 23.2 Å². The smallest absolute Gasteiger partial charge is 0.268 e. The van der Waals surface area contributed by atoms with Crippen LogP contribution >= 0.6 is 0 Å². The lowest BCUT2D eigenvalue weighted by molar-refractivity contribution is -0.130. The Hall–Kier alpha value is -3.54. The van der Waals surface area contributed by atoms with Gasteiger partial charge in [-0.25, -0.2) is 0 Å². The highest BCUT2D eigenvalue weighted by Gasteiger charge is 2.36. The van der Waals surface area contributed by atoms with E-state index in [-0.39, 0.29) is 23.8 Å². The highest BCUT2D eigenvalue weighted by atomic mass is 16.5. The van der Waals surface area contributed by atoms with Crippen LogP contribution in [0.2, 0.25) is 0 Å². The summed E-state index contributed by atoms with van der Waals surface area (Å²) in [6.07, 6.45) is 4.27. The van der Waals surface area contributed by atoms with E-state index in [2.05, 4.69) is 27.0 Å². The molecule has 186 valence electrons. The average Bonchev–Trinajstić information content (AvgIpc) is 3.52. The summed E-state index contributed by atoms with van der Waals surface area (Å²) in [4.78, 5) is 41.7. The second-order valence-electron chi connectivity index (χ2n) is 10.3. The van der Waals surface area contributed by atoms with E-state index < -0.39 is 23.9 Å². The van der Waals surface area contributed by atoms with Crippen LogP contribution in [0.1, 0.15) is 62.9 Å². The van der Waals surface area contributed by atoms with Crippen molar-refractivity contribution in [2.45, 2.75) is 70.0 Å². The number of methoxy groups -OCH3 is 1. The van der Waals surface area contributed by atoms with Crippen molar-refractivity contribution in [1.82, 2.24) is 20.9 Å². The van der Waals surface area contributed by atoms with Crippen LogP contribution < -0.4 is 20.7 Å². The molecule has 0 radical (unpaired) electrons. The molecule has 2 aromatic rings. The van der Waals surface area contributed by atoms with E-state index in [1.807, 2.05) is 32.0 Å². The summed E-state index contributed by atoms with van der Waals surface area (Å²) in [5.41, 5.74) is 0.832. The van der Waals surface area contributed by atoms with Gasteiger partial charge in [0.1, 0.15) is 23.5 Å². The summed E-state index contributed by atoms with van der Waals surface area (Å²) in [7, 11) is 1.57. The Morgan fingerprint density at radius 3 is 2.66 bits per heavy atom. The summed E-state index contributed by atoms with van der Waals surface area (Å²) in [6.45, 7) is 3.94. The number of aromatic nitrogens is 1. The first kappa shape index (κ1) is 24.6. The lowest BCUT2D eigenvalue weighted by Crippen LogP contribution is -2.53. The number of nitrogens with zero attached hydrogens (tertiary/aromatic N) is 1. The Morgan fingerprint density at radius 2 is 2.00 bits per heavy atom. The van der Waals surface area contributed by atoms with Crippen LogP contribution in [-0.2, 0) is 9.59 Å². The SMILES string of the molecule is COc1cccc2[nH]c(C(=O)N[C@H](CC3CC3)C(=O)N[C@H](C#N)C[C@@H]3CCC(C)(C)NC3=O)cc12. The van der Waals surface area contributed by atoms with Crippen molar-refractivity contribution in [1.29, 1.82) is 5.26 Å². The quantitative estimate of drug-likeness (QED) is 0.438. The van der Waals surface area contributed by atoms with E-state index in [1.54, 1.807) is 13.2 Å². The molecule has 2 fully saturated rings. The van der Waals surface area contributed by atoms with Crippen LogP contribution in [-0.4, -0.2) is 47.4 Å². The fourth-order valence-corrected chi connectivity index (χ4v) is 4.67. The minimum atomic E-state index is -0.810. The molecular formula is C26H33N5O4. The second kappa shape index (κ2) is 9.98. The fourth-order valence-electron chi connectivity index (χ4n) is 4.67. The number of rotatable bonds is 9. The molecule has 1 aromatic carbocycles. The van der Waals surface area contributed by atoms with Gasteiger partial charge in [-0.2, -0.15) is 5.26 Å². The molecule has 35 heavy (non-hydrogen) atoms. The third kappa shape index (κ3) is 5.94. The summed E-state index contributed by atoms with van der Waals surface area (Å²) in [5, 5.41) is 19.0. The Bertz CT molecular complexity index is 1160. The average molecular weight is 480 g/mol. The number of amides is 3. The molecule has 9 nitrogen and oxygen atoms in total. The molecule has 3 atom stereocenters. The molecule has 2 aliphatic rings. The van der Waals surface area contributed by atoms with E-state index in [0.29, 0.717) is 30.2 Å². The van der Waals surface area contributed by atoms with Gasteiger partial charge >= 0.3 is 0 Å². The maximum Gasteiger partial charge on any atom is 0.268 e. The van der Waals surface area contributed by atoms with Crippen LogP contribution in [0.3, 0.4) is 0 Å². The van der Waals surface area contributed by atoms with Crippen molar-refractivity contribution in [2.75, 3.05) is 7.11 Å². The molecular weight excluding hydrogens is 446 g/mol. The first-order valence-corrected chi connectivity index (χ1v) is 12.2. The molecule has 3 amide bonds. The summed E-state index contributed by atoms with van der Waals surface area (Å²) in [5.74, 6) is -0.190. The van der Waals surface area contributed by atoms with Crippen LogP contribution in [0.25, 0.3) is 10.9 Å². The molecule has 1 aromatic heterocycles. The van der Waals surface area contributed by atoms with Crippen LogP contribution in [0.5, 0.6) is 5.75 Å². The molecule has 1 aliphatic heterocycles. The van der Waals surface area contributed by atoms with E-state index >= 15 is 0 Å². The Morgan fingerprint density at radius 1 is 1.23 bits per heavy atom. The van der Waals surface area contributed by atoms with Gasteiger partial charge in [0.2, 0.25) is 11.8 Å². The topological polar surface area (TPSA) is 136 Å². The first-order valence-electron chi connectivity index (χ1n) is 12.2. The van der Waals surface area contributed by atoms with Crippen molar-refractivity contribution in [3.05, 3.63) is 30.0 Å². The molecule has 1 saturated carbocycles. The zero-order valence-electron chi connectivity index (χ0n) is 20.4. The number of carbonyl (C=O) groups excluding carboxylic acids is 3. The number of hydrogen-bond donors (Lipinski definition) is 4. The summed E-state index contributed by atoms with van der Waals surface area (Å²) in [6, 6.07) is 7.74. The highest BCUT2D eigenvalue weighted by molar-refractivity contribution is 6.01. The third-order valence-electron chi connectivity index (χ3n) is 6.92. The van der Waals surface area contributed by atoms with Gasteiger partial charge < -0.3 is 25.7 Å². The van der Waals surface area contributed by atoms with Gasteiger partial charge in [0.15, 0.2) is 0 Å². The number of H-pyrrole nitrogens is 1. The van der Waals surface area contributed by atoms with E-state index in [0.717, 1.165) is 30.2 Å². The molecule has 0 spiro atoms. The molecule has 4 rings (SSSR count). The molecule has 0 bridgehead atoms. The lowest BCUT2D eigenvalue weighted by Gasteiger charge is -2.35. The molecule has 1 aliphatic carbocycles. The Kier molecular flexibility index (Phi) is 7.01. The predicted molar refractivity (Wildman–Crippen MR) is 131 cm³/mol. The number of ether oxygens (including phenoxy) is 1. The molecule has 1 saturated heterocycles.